The standard InChI is InChI=1S/C14H17N5O2S/c20-12(11-7-15-10-22-11)18-8-14(21)3-1-6-19(9-14)13-16-4-2-5-17-13/h2,4-5,7,10,21H,1,3,6,8-9H2,(H,18,20). The van der Waals surface area contributed by atoms with Gasteiger partial charge in [0.05, 0.1) is 23.9 Å². The number of aliphatic hydroxyl groups is 1. The Balaban J connectivity index is 1.61. The van der Waals surface area contributed by atoms with Crippen molar-refractivity contribution in [2.24, 2.45) is 0 Å². The van der Waals surface area contributed by atoms with E-state index in [4.69, 9.17) is 0 Å². The summed E-state index contributed by atoms with van der Waals surface area (Å²) >= 11 is 1.28. The van der Waals surface area contributed by atoms with Crippen LogP contribution < -0.4 is 10.2 Å². The molecule has 1 unspecified atom stereocenters. The third kappa shape index (κ3) is 3.40. The van der Waals surface area contributed by atoms with Gasteiger partial charge in [-0.15, -0.1) is 11.3 Å². The summed E-state index contributed by atoms with van der Waals surface area (Å²) < 4.78 is 0. The zero-order chi connectivity index (χ0) is 15.4. The van der Waals surface area contributed by atoms with Crippen molar-refractivity contribution in [1.29, 1.82) is 0 Å². The van der Waals surface area contributed by atoms with Crippen molar-refractivity contribution < 1.29 is 9.90 Å². The molecule has 0 saturated carbocycles. The molecule has 8 heteroatoms. The first-order valence-electron chi connectivity index (χ1n) is 7.07. The summed E-state index contributed by atoms with van der Waals surface area (Å²) in [7, 11) is 0. The average molecular weight is 319 g/mol. The normalized spacial score (nSPS) is 21.6. The van der Waals surface area contributed by atoms with E-state index < -0.39 is 5.60 Å². The predicted octanol–water partition coefficient (Wildman–Crippen LogP) is 0.694. The Kier molecular flexibility index (Phi) is 4.30. The number of piperidine rings is 1. The maximum Gasteiger partial charge on any atom is 0.263 e. The van der Waals surface area contributed by atoms with Crippen LogP contribution in [-0.4, -0.2) is 51.2 Å². The Bertz CT molecular complexity index is 621. The first-order chi connectivity index (χ1) is 10.7. The summed E-state index contributed by atoms with van der Waals surface area (Å²) in [5.41, 5.74) is 0.635. The molecule has 0 bridgehead atoms. The highest BCUT2D eigenvalue weighted by Gasteiger charge is 2.34. The van der Waals surface area contributed by atoms with E-state index in [1.54, 1.807) is 24.0 Å². The number of carbonyl (C=O) groups excluding carboxylic acids is 1. The minimum atomic E-state index is -0.974. The Morgan fingerprint density at radius 1 is 1.45 bits per heavy atom. The van der Waals surface area contributed by atoms with Gasteiger partial charge in [-0.25, -0.2) is 9.97 Å². The Hall–Kier alpha value is -2.06. The van der Waals surface area contributed by atoms with Crippen LogP contribution in [0.3, 0.4) is 0 Å². The zero-order valence-electron chi connectivity index (χ0n) is 12.0. The summed E-state index contributed by atoms with van der Waals surface area (Å²) in [5, 5.41) is 13.5. The Labute approximate surface area is 132 Å². The smallest absolute Gasteiger partial charge is 0.263 e. The molecule has 1 fully saturated rings. The van der Waals surface area contributed by atoms with Crippen LogP contribution in [0.2, 0.25) is 0 Å². The third-order valence-corrected chi connectivity index (χ3v) is 4.40. The summed E-state index contributed by atoms with van der Waals surface area (Å²) in [6.45, 7) is 1.40. The second-order valence-corrected chi connectivity index (χ2v) is 6.23. The number of β-amino-alcohol motifs (C(OH)–C–C–N with tert-alkyl or cyclic N) is 1. The summed E-state index contributed by atoms with van der Waals surface area (Å²) in [6, 6.07) is 1.76. The second kappa shape index (κ2) is 6.37. The van der Waals surface area contributed by atoms with Gasteiger partial charge in [0.2, 0.25) is 5.95 Å². The number of nitrogens with zero attached hydrogens (tertiary/aromatic N) is 4. The van der Waals surface area contributed by atoms with Crippen molar-refractivity contribution >= 4 is 23.2 Å². The van der Waals surface area contributed by atoms with Crippen molar-refractivity contribution in [1.82, 2.24) is 20.3 Å². The van der Waals surface area contributed by atoms with Gasteiger partial charge in [-0.1, -0.05) is 0 Å². The molecule has 116 valence electrons. The first kappa shape index (κ1) is 14.9. The lowest BCUT2D eigenvalue weighted by atomic mass is 9.93. The van der Waals surface area contributed by atoms with E-state index in [2.05, 4.69) is 20.3 Å². The molecular weight excluding hydrogens is 302 g/mol. The van der Waals surface area contributed by atoms with Gasteiger partial charge in [0.25, 0.3) is 5.91 Å². The molecule has 1 aliphatic rings. The van der Waals surface area contributed by atoms with Gasteiger partial charge >= 0.3 is 0 Å². The van der Waals surface area contributed by atoms with Gasteiger partial charge in [0.15, 0.2) is 0 Å². The summed E-state index contributed by atoms with van der Waals surface area (Å²) in [4.78, 5) is 26.7. The maximum absolute atomic E-state index is 12.0. The Morgan fingerprint density at radius 3 is 3.00 bits per heavy atom. The average Bonchev–Trinajstić information content (AvgIpc) is 3.08. The Morgan fingerprint density at radius 2 is 2.27 bits per heavy atom. The fourth-order valence-electron chi connectivity index (χ4n) is 2.54. The molecule has 1 saturated heterocycles. The van der Waals surface area contributed by atoms with Crippen LogP contribution in [0.4, 0.5) is 5.95 Å². The lowest BCUT2D eigenvalue weighted by molar-refractivity contribution is 0.0253. The van der Waals surface area contributed by atoms with Crippen molar-refractivity contribution in [3.63, 3.8) is 0 Å². The molecule has 0 aromatic carbocycles. The molecule has 0 aliphatic carbocycles. The van der Waals surface area contributed by atoms with E-state index in [0.717, 1.165) is 13.0 Å². The largest absolute Gasteiger partial charge is 0.386 e. The van der Waals surface area contributed by atoms with Crippen molar-refractivity contribution in [2.75, 3.05) is 24.5 Å². The molecular formula is C14H17N5O2S. The monoisotopic (exact) mass is 319 g/mol. The van der Waals surface area contributed by atoms with E-state index in [-0.39, 0.29) is 12.5 Å². The highest BCUT2D eigenvalue weighted by molar-refractivity contribution is 7.11. The molecule has 1 atom stereocenters. The first-order valence-corrected chi connectivity index (χ1v) is 7.95. The number of amides is 1. The van der Waals surface area contributed by atoms with E-state index in [0.29, 0.717) is 23.8 Å². The minimum Gasteiger partial charge on any atom is -0.386 e. The minimum absolute atomic E-state index is 0.201. The van der Waals surface area contributed by atoms with Crippen LogP contribution >= 0.6 is 11.3 Å². The van der Waals surface area contributed by atoms with Gasteiger partial charge in [-0.2, -0.15) is 0 Å². The molecule has 2 N–H and O–H groups in total. The van der Waals surface area contributed by atoms with Crippen LogP contribution in [0, 0.1) is 0 Å². The fraction of sp³-hybridized carbons (Fsp3) is 0.429. The van der Waals surface area contributed by atoms with Crippen LogP contribution in [-0.2, 0) is 0 Å². The number of carbonyl (C=O) groups is 1. The lowest BCUT2D eigenvalue weighted by Gasteiger charge is -2.39. The molecule has 3 heterocycles. The quantitative estimate of drug-likeness (QED) is 0.862. The van der Waals surface area contributed by atoms with Crippen molar-refractivity contribution in [3.8, 4) is 0 Å². The van der Waals surface area contributed by atoms with E-state index in [1.165, 1.54) is 17.5 Å². The van der Waals surface area contributed by atoms with Crippen LogP contribution in [0.25, 0.3) is 0 Å². The lowest BCUT2D eigenvalue weighted by Crippen LogP contribution is -2.54. The van der Waals surface area contributed by atoms with Gasteiger partial charge in [-0.3, -0.25) is 9.78 Å². The predicted molar refractivity (Wildman–Crippen MR) is 82.9 cm³/mol. The van der Waals surface area contributed by atoms with Gasteiger partial charge in [-0.05, 0) is 18.9 Å². The van der Waals surface area contributed by atoms with Crippen LogP contribution in [0.15, 0.2) is 30.2 Å². The summed E-state index contributed by atoms with van der Waals surface area (Å²) in [5.74, 6) is 0.401. The number of hydrogen-bond acceptors (Lipinski definition) is 7. The fourth-order valence-corrected chi connectivity index (χ4v) is 3.08. The number of aromatic nitrogens is 3. The molecule has 0 spiro atoms. The van der Waals surface area contributed by atoms with Crippen molar-refractivity contribution in [2.45, 2.75) is 18.4 Å². The molecule has 0 radical (unpaired) electrons. The van der Waals surface area contributed by atoms with E-state index in [9.17, 15) is 9.90 Å². The molecule has 1 amide bonds. The van der Waals surface area contributed by atoms with Crippen LogP contribution in [0.5, 0.6) is 0 Å². The highest BCUT2D eigenvalue weighted by atomic mass is 32.1. The molecule has 22 heavy (non-hydrogen) atoms. The molecule has 2 aromatic rings. The van der Waals surface area contributed by atoms with Crippen LogP contribution in [0.1, 0.15) is 22.5 Å². The summed E-state index contributed by atoms with van der Waals surface area (Å²) in [6.07, 6.45) is 6.35. The van der Waals surface area contributed by atoms with Gasteiger partial charge in [0.1, 0.15) is 4.88 Å². The van der Waals surface area contributed by atoms with E-state index in [1.807, 2.05) is 4.90 Å². The number of anilines is 1. The van der Waals surface area contributed by atoms with Gasteiger partial charge < -0.3 is 15.3 Å². The number of thiazole rings is 1. The highest BCUT2D eigenvalue weighted by Crippen LogP contribution is 2.23. The molecule has 1 aliphatic heterocycles. The number of nitrogens with one attached hydrogen (secondary N) is 1. The zero-order valence-corrected chi connectivity index (χ0v) is 12.8. The topological polar surface area (TPSA) is 91.2 Å². The molecule has 7 nitrogen and oxygen atoms in total. The number of rotatable bonds is 4. The van der Waals surface area contributed by atoms with Gasteiger partial charge in [0, 0.05) is 25.5 Å². The number of hydrogen-bond donors (Lipinski definition) is 2. The van der Waals surface area contributed by atoms with E-state index >= 15 is 0 Å². The second-order valence-electron chi connectivity index (χ2n) is 5.35. The SMILES string of the molecule is O=C(NCC1(O)CCCN(c2ncccn2)C1)c1cncs1. The van der Waals surface area contributed by atoms with Crippen molar-refractivity contribution in [3.05, 3.63) is 35.0 Å². The molecule has 3 rings (SSSR count). The molecule has 2 aromatic heterocycles. The maximum atomic E-state index is 12.0. The third-order valence-electron chi connectivity index (χ3n) is 3.62.